The zero-order chi connectivity index (χ0) is 15.6. The second-order valence-corrected chi connectivity index (χ2v) is 5.93. The number of hydrogen-bond acceptors (Lipinski definition) is 5. The average molecular weight is 302 g/mol. The van der Waals surface area contributed by atoms with Crippen molar-refractivity contribution in [3.05, 3.63) is 0 Å². The molecule has 5 heteroatoms. The molecule has 0 aliphatic rings. The van der Waals surface area contributed by atoms with Crippen molar-refractivity contribution in [3.8, 4) is 0 Å². The molecule has 0 aliphatic carbocycles. The fraction of sp³-hybridized carbons (Fsp3) is 1.00. The van der Waals surface area contributed by atoms with Crippen LogP contribution >= 0.6 is 0 Å². The molecule has 21 heavy (non-hydrogen) atoms. The summed E-state index contributed by atoms with van der Waals surface area (Å²) in [7, 11) is 0. The molecule has 0 aromatic heterocycles. The first-order valence-electron chi connectivity index (χ1n) is 8.94. The van der Waals surface area contributed by atoms with Gasteiger partial charge < -0.3 is 4.90 Å². The maximum absolute atomic E-state index is 5.34. The third-order valence-electron chi connectivity index (χ3n) is 3.97. The van der Waals surface area contributed by atoms with Crippen molar-refractivity contribution in [3.63, 3.8) is 0 Å². The minimum atomic E-state index is 0.836. The summed E-state index contributed by atoms with van der Waals surface area (Å²) < 4.78 is 0. The molecule has 0 atom stereocenters. The fourth-order valence-corrected chi connectivity index (χ4v) is 2.60. The van der Waals surface area contributed by atoms with E-state index in [4.69, 9.17) is 11.7 Å². The normalized spacial score (nSPS) is 11.4. The zero-order valence-corrected chi connectivity index (χ0v) is 14.2. The van der Waals surface area contributed by atoms with Gasteiger partial charge in [-0.25, -0.2) is 0 Å². The van der Waals surface area contributed by atoms with Crippen LogP contribution < -0.4 is 22.5 Å². The van der Waals surface area contributed by atoms with Crippen LogP contribution in [0, 0.1) is 0 Å². The fourth-order valence-electron chi connectivity index (χ4n) is 2.60. The lowest BCUT2D eigenvalue weighted by atomic mass is 10.1. The van der Waals surface area contributed by atoms with E-state index in [1.165, 1.54) is 64.2 Å². The Morgan fingerprint density at radius 2 is 1.05 bits per heavy atom. The quantitative estimate of drug-likeness (QED) is 0.188. The number of nitrogens with zero attached hydrogens (tertiary/aromatic N) is 1. The monoisotopic (exact) mass is 301 g/mol. The van der Waals surface area contributed by atoms with Crippen molar-refractivity contribution in [2.24, 2.45) is 11.7 Å². The molecule has 0 rings (SSSR count). The van der Waals surface area contributed by atoms with Crippen molar-refractivity contribution in [1.82, 2.24) is 15.8 Å². The molecule has 0 bridgehead atoms. The Labute approximate surface area is 132 Å². The van der Waals surface area contributed by atoms with Gasteiger partial charge in [-0.3, -0.25) is 22.5 Å². The number of rotatable bonds is 17. The van der Waals surface area contributed by atoms with E-state index in [9.17, 15) is 0 Å². The maximum atomic E-state index is 5.34. The molecule has 128 valence electrons. The van der Waals surface area contributed by atoms with Gasteiger partial charge >= 0.3 is 0 Å². The number of nitrogens with two attached hydrogens (primary N) is 2. The van der Waals surface area contributed by atoms with Crippen LogP contribution in [0.4, 0.5) is 0 Å². The van der Waals surface area contributed by atoms with E-state index in [1.54, 1.807) is 0 Å². The third-order valence-corrected chi connectivity index (χ3v) is 3.97. The second kappa shape index (κ2) is 17.9. The van der Waals surface area contributed by atoms with Crippen molar-refractivity contribution in [2.75, 3.05) is 32.7 Å². The first kappa shape index (κ1) is 20.8. The second-order valence-electron chi connectivity index (χ2n) is 5.93. The molecule has 0 radical (unpaired) electrons. The molecule has 0 fully saturated rings. The standard InChI is InChI=1S/C16H39N5/c1-2-3-4-5-6-7-8-9-10-11-14-21(15-12-19-17)16-13-20-18/h19-20H,2-18H2,1H3. The lowest BCUT2D eigenvalue weighted by molar-refractivity contribution is 0.266. The predicted molar refractivity (Wildman–Crippen MR) is 92.7 cm³/mol. The summed E-state index contributed by atoms with van der Waals surface area (Å²) in [5, 5.41) is 0. The Hall–Kier alpha value is -0.200. The van der Waals surface area contributed by atoms with Crippen LogP contribution in [0.25, 0.3) is 0 Å². The van der Waals surface area contributed by atoms with Crippen molar-refractivity contribution in [1.29, 1.82) is 0 Å². The minimum absolute atomic E-state index is 0.836. The zero-order valence-electron chi connectivity index (χ0n) is 14.2. The van der Waals surface area contributed by atoms with Crippen molar-refractivity contribution >= 4 is 0 Å². The molecule has 0 heterocycles. The summed E-state index contributed by atoms with van der Waals surface area (Å²) in [5.41, 5.74) is 5.44. The lowest BCUT2D eigenvalue weighted by Gasteiger charge is -2.21. The summed E-state index contributed by atoms with van der Waals surface area (Å²) >= 11 is 0. The van der Waals surface area contributed by atoms with Crippen LogP contribution in [0.2, 0.25) is 0 Å². The Balaban J connectivity index is 3.35. The third kappa shape index (κ3) is 16.0. The molecule has 0 saturated heterocycles. The molecule has 0 saturated carbocycles. The molecule has 0 spiro atoms. The summed E-state index contributed by atoms with van der Waals surface area (Å²) in [6.07, 6.45) is 13.9. The molecule has 5 nitrogen and oxygen atoms in total. The highest BCUT2D eigenvalue weighted by Crippen LogP contribution is 2.10. The van der Waals surface area contributed by atoms with Gasteiger partial charge in [0, 0.05) is 26.2 Å². The first-order chi connectivity index (χ1) is 10.3. The molecule has 0 aromatic rings. The first-order valence-corrected chi connectivity index (χ1v) is 8.94. The molecular weight excluding hydrogens is 262 g/mol. The van der Waals surface area contributed by atoms with E-state index in [0.717, 1.165) is 32.7 Å². The van der Waals surface area contributed by atoms with E-state index in [2.05, 4.69) is 22.7 Å². The van der Waals surface area contributed by atoms with Crippen LogP contribution in [-0.2, 0) is 0 Å². The van der Waals surface area contributed by atoms with E-state index in [0.29, 0.717) is 0 Å². The van der Waals surface area contributed by atoms with Gasteiger partial charge in [0.1, 0.15) is 0 Å². The van der Waals surface area contributed by atoms with Crippen LogP contribution in [0.3, 0.4) is 0 Å². The summed E-state index contributed by atoms with van der Waals surface area (Å²) in [5.74, 6) is 10.7. The van der Waals surface area contributed by atoms with E-state index in [1.807, 2.05) is 0 Å². The maximum Gasteiger partial charge on any atom is 0.0225 e. The molecule has 0 aromatic carbocycles. The summed E-state index contributed by atoms with van der Waals surface area (Å²) in [4.78, 5) is 2.42. The van der Waals surface area contributed by atoms with Crippen molar-refractivity contribution in [2.45, 2.75) is 71.1 Å². The smallest absolute Gasteiger partial charge is 0.0225 e. The van der Waals surface area contributed by atoms with Gasteiger partial charge in [0.15, 0.2) is 0 Å². The van der Waals surface area contributed by atoms with Gasteiger partial charge in [0.05, 0.1) is 0 Å². The largest absolute Gasteiger partial charge is 0.301 e. The number of hydrogen-bond donors (Lipinski definition) is 4. The lowest BCUT2D eigenvalue weighted by Crippen LogP contribution is -2.40. The Bertz CT molecular complexity index is 182. The highest BCUT2D eigenvalue weighted by molar-refractivity contribution is 4.60. The van der Waals surface area contributed by atoms with Crippen molar-refractivity contribution < 1.29 is 0 Å². The van der Waals surface area contributed by atoms with E-state index >= 15 is 0 Å². The van der Waals surface area contributed by atoms with Gasteiger partial charge in [-0.2, -0.15) is 0 Å². The molecule has 0 amide bonds. The van der Waals surface area contributed by atoms with Crippen LogP contribution in [0.1, 0.15) is 71.1 Å². The van der Waals surface area contributed by atoms with Gasteiger partial charge in [-0.05, 0) is 13.0 Å². The van der Waals surface area contributed by atoms with E-state index < -0.39 is 0 Å². The predicted octanol–water partition coefficient (Wildman–Crippen LogP) is 2.14. The minimum Gasteiger partial charge on any atom is -0.301 e. The Kier molecular flexibility index (Phi) is 17.7. The summed E-state index contributed by atoms with van der Waals surface area (Å²) in [6.45, 7) is 7.09. The van der Waals surface area contributed by atoms with E-state index in [-0.39, 0.29) is 0 Å². The number of hydrazine groups is 2. The van der Waals surface area contributed by atoms with Crippen LogP contribution in [0.5, 0.6) is 0 Å². The number of unbranched alkanes of at least 4 members (excludes halogenated alkanes) is 9. The van der Waals surface area contributed by atoms with Gasteiger partial charge in [-0.15, -0.1) is 0 Å². The summed E-state index contributed by atoms with van der Waals surface area (Å²) in [6, 6.07) is 0. The van der Waals surface area contributed by atoms with Crippen LogP contribution in [0.15, 0.2) is 0 Å². The average Bonchev–Trinajstić information content (AvgIpc) is 2.51. The highest BCUT2D eigenvalue weighted by Gasteiger charge is 2.03. The molecule has 0 unspecified atom stereocenters. The SMILES string of the molecule is CCCCCCCCCCCCN(CCNN)CCNN. The van der Waals surface area contributed by atoms with Gasteiger partial charge in [-0.1, -0.05) is 64.7 Å². The highest BCUT2D eigenvalue weighted by atomic mass is 15.3. The topological polar surface area (TPSA) is 79.3 Å². The van der Waals surface area contributed by atoms with Crippen LogP contribution in [-0.4, -0.2) is 37.6 Å². The van der Waals surface area contributed by atoms with Gasteiger partial charge in [0.25, 0.3) is 0 Å². The molecule has 0 aliphatic heterocycles. The number of nitrogens with one attached hydrogen (secondary N) is 2. The molecular formula is C16H39N5. The Morgan fingerprint density at radius 1 is 0.619 bits per heavy atom. The molecule has 6 N–H and O–H groups in total. The van der Waals surface area contributed by atoms with Gasteiger partial charge in [0.2, 0.25) is 0 Å². The Morgan fingerprint density at radius 3 is 1.48 bits per heavy atom.